The van der Waals surface area contributed by atoms with Gasteiger partial charge in [0.15, 0.2) is 28.0 Å². The van der Waals surface area contributed by atoms with Gasteiger partial charge in [-0.05, 0) is 61.4 Å². The number of unbranched alkanes of at least 4 members (excludes halogenated alkanes) is 1. The maximum Gasteiger partial charge on any atom is 0.296 e. The minimum Gasteiger partial charge on any atom is -0.503 e. The Morgan fingerprint density at radius 2 is 1.84 bits per heavy atom. The third-order valence-corrected chi connectivity index (χ3v) is 8.25. The minimum atomic E-state index is -0.966. The van der Waals surface area contributed by atoms with Crippen LogP contribution in [-0.4, -0.2) is 42.1 Å². The number of methoxy groups -OCH3 is 1. The Labute approximate surface area is 251 Å². The molecule has 3 heterocycles. The molecule has 0 saturated heterocycles. The van der Waals surface area contributed by atoms with Crippen molar-refractivity contribution in [2.75, 3.05) is 25.2 Å². The number of carbonyl (C=O) groups is 2. The molecule has 2 aromatic heterocycles. The molecule has 1 aliphatic rings. The van der Waals surface area contributed by atoms with Crippen LogP contribution in [-0.2, 0) is 4.79 Å². The number of rotatable bonds is 11. The smallest absolute Gasteiger partial charge is 0.296 e. The van der Waals surface area contributed by atoms with Gasteiger partial charge >= 0.3 is 0 Å². The molecule has 1 amide bonds. The molecule has 0 spiro atoms. The van der Waals surface area contributed by atoms with Crippen molar-refractivity contribution in [3.05, 3.63) is 89.4 Å². The number of anilines is 1. The molecule has 43 heavy (non-hydrogen) atoms. The Balaban J connectivity index is 1.44. The number of carbonyl (C=O) groups excluding carboxylic acids is 2. The summed E-state index contributed by atoms with van der Waals surface area (Å²) in [4.78, 5) is 33.9. The number of fused-ring (bicyclic) bond motifs is 2. The van der Waals surface area contributed by atoms with Crippen molar-refractivity contribution in [2.24, 2.45) is 0 Å². The molecular formula is C33H30N2O7S. The van der Waals surface area contributed by atoms with Gasteiger partial charge in [-0.2, -0.15) is 0 Å². The predicted molar refractivity (Wildman–Crippen MR) is 165 cm³/mol. The largest absolute Gasteiger partial charge is 0.503 e. The number of amides is 1. The number of ether oxygens (including phenoxy) is 3. The lowest BCUT2D eigenvalue weighted by Crippen LogP contribution is -2.30. The quantitative estimate of drug-likeness (QED) is 0.124. The summed E-state index contributed by atoms with van der Waals surface area (Å²) in [5.74, 6) is -0.192. The molecule has 1 atom stereocenters. The fraction of sp³-hybridized carbons (Fsp3) is 0.242. The summed E-state index contributed by atoms with van der Waals surface area (Å²) in [6, 6.07) is 18.6. The van der Waals surface area contributed by atoms with Crippen molar-refractivity contribution in [2.45, 2.75) is 32.7 Å². The van der Waals surface area contributed by atoms with Gasteiger partial charge in [0.25, 0.3) is 5.91 Å². The Morgan fingerprint density at radius 3 is 2.58 bits per heavy atom. The number of Topliss-reactive ketones (excluding diaryl/α,β-unsaturated/α-hetero) is 1. The molecule has 0 radical (unpaired) electrons. The van der Waals surface area contributed by atoms with Crippen LogP contribution in [0.3, 0.4) is 0 Å². The van der Waals surface area contributed by atoms with E-state index in [-0.39, 0.29) is 11.3 Å². The average Bonchev–Trinajstić information content (AvgIpc) is 3.71. The summed E-state index contributed by atoms with van der Waals surface area (Å²) < 4.78 is 23.6. The monoisotopic (exact) mass is 598 g/mol. The van der Waals surface area contributed by atoms with Crippen LogP contribution in [0.4, 0.5) is 5.13 Å². The Morgan fingerprint density at radius 1 is 1.05 bits per heavy atom. The van der Waals surface area contributed by atoms with Crippen molar-refractivity contribution < 1.29 is 33.3 Å². The highest BCUT2D eigenvalue weighted by Gasteiger charge is 2.46. The highest BCUT2D eigenvalue weighted by atomic mass is 32.1. The van der Waals surface area contributed by atoms with E-state index in [0.29, 0.717) is 57.6 Å². The molecule has 10 heteroatoms. The summed E-state index contributed by atoms with van der Waals surface area (Å²) in [7, 11) is 1.52. The molecular weight excluding hydrogens is 568 g/mol. The SMILES string of the molecule is CCCCOc1ccc(C2C(C(=O)c3cc4cccc(OC)c4o3)=C(O)C(=O)N2c2nc3ccc(OCC)cc3s2)cc1. The van der Waals surface area contributed by atoms with Gasteiger partial charge in [0.2, 0.25) is 5.78 Å². The van der Waals surface area contributed by atoms with Crippen molar-refractivity contribution >= 4 is 49.3 Å². The lowest BCUT2D eigenvalue weighted by molar-refractivity contribution is -0.117. The van der Waals surface area contributed by atoms with Crippen LogP contribution in [0.25, 0.3) is 21.2 Å². The molecule has 6 rings (SSSR count). The minimum absolute atomic E-state index is 0.0223. The lowest BCUT2D eigenvalue weighted by atomic mass is 9.95. The third kappa shape index (κ3) is 5.18. The summed E-state index contributed by atoms with van der Waals surface area (Å²) in [6.07, 6.45) is 1.93. The molecule has 0 aliphatic carbocycles. The van der Waals surface area contributed by atoms with E-state index in [1.54, 1.807) is 48.5 Å². The van der Waals surface area contributed by atoms with Crippen molar-refractivity contribution in [1.82, 2.24) is 4.98 Å². The predicted octanol–water partition coefficient (Wildman–Crippen LogP) is 7.41. The number of thiazole rings is 1. The number of benzene rings is 3. The first-order valence-electron chi connectivity index (χ1n) is 14.1. The maximum atomic E-state index is 14.1. The van der Waals surface area contributed by atoms with Gasteiger partial charge in [0.1, 0.15) is 11.5 Å². The fourth-order valence-corrected chi connectivity index (χ4v) is 6.15. The van der Waals surface area contributed by atoms with Gasteiger partial charge in [0.05, 0.1) is 42.2 Å². The number of para-hydroxylation sites is 1. The molecule has 9 nitrogen and oxygen atoms in total. The Kier molecular flexibility index (Phi) is 7.77. The van der Waals surface area contributed by atoms with Crippen molar-refractivity contribution in [3.8, 4) is 17.2 Å². The number of hydrogen-bond donors (Lipinski definition) is 1. The normalized spacial score (nSPS) is 15.1. The number of aromatic nitrogens is 1. The average molecular weight is 599 g/mol. The topological polar surface area (TPSA) is 111 Å². The molecule has 1 N–H and O–H groups in total. The second-order valence-corrected chi connectivity index (χ2v) is 11.0. The summed E-state index contributed by atoms with van der Waals surface area (Å²) in [5, 5.41) is 12.2. The third-order valence-electron chi connectivity index (χ3n) is 7.23. The summed E-state index contributed by atoms with van der Waals surface area (Å²) in [5.41, 5.74) is 1.57. The number of aliphatic hydroxyl groups excluding tert-OH is 1. The second kappa shape index (κ2) is 11.8. The molecule has 0 saturated carbocycles. The number of furan rings is 1. The maximum absolute atomic E-state index is 14.1. The van der Waals surface area contributed by atoms with Gasteiger partial charge in [0, 0.05) is 5.39 Å². The van der Waals surface area contributed by atoms with Gasteiger partial charge in [-0.3, -0.25) is 14.5 Å². The summed E-state index contributed by atoms with van der Waals surface area (Å²) >= 11 is 1.27. The van der Waals surface area contributed by atoms with E-state index in [1.165, 1.54) is 23.3 Å². The van der Waals surface area contributed by atoms with E-state index in [9.17, 15) is 14.7 Å². The second-order valence-electron chi connectivity index (χ2n) is 9.99. The van der Waals surface area contributed by atoms with E-state index < -0.39 is 23.5 Å². The number of ketones is 1. The van der Waals surface area contributed by atoms with Crippen LogP contribution in [0.1, 0.15) is 48.8 Å². The number of aliphatic hydroxyl groups is 1. The lowest BCUT2D eigenvalue weighted by Gasteiger charge is -2.24. The first-order chi connectivity index (χ1) is 20.9. The molecule has 5 aromatic rings. The van der Waals surface area contributed by atoms with Crippen LogP contribution in [0.2, 0.25) is 0 Å². The highest BCUT2D eigenvalue weighted by molar-refractivity contribution is 7.22. The first-order valence-corrected chi connectivity index (χ1v) is 14.9. The highest BCUT2D eigenvalue weighted by Crippen LogP contribution is 2.45. The van der Waals surface area contributed by atoms with E-state index in [1.807, 2.05) is 25.1 Å². The van der Waals surface area contributed by atoms with E-state index in [0.717, 1.165) is 17.5 Å². The van der Waals surface area contributed by atoms with Crippen molar-refractivity contribution in [3.63, 3.8) is 0 Å². The summed E-state index contributed by atoms with van der Waals surface area (Å²) in [6.45, 7) is 5.09. The van der Waals surface area contributed by atoms with Gasteiger partial charge < -0.3 is 23.7 Å². The van der Waals surface area contributed by atoms with Crippen LogP contribution in [0.5, 0.6) is 17.2 Å². The fourth-order valence-electron chi connectivity index (χ4n) is 5.12. The Bertz CT molecular complexity index is 1850. The van der Waals surface area contributed by atoms with Crippen molar-refractivity contribution in [1.29, 1.82) is 0 Å². The van der Waals surface area contributed by atoms with Crippen LogP contribution in [0.15, 0.2) is 82.5 Å². The van der Waals surface area contributed by atoms with E-state index in [4.69, 9.17) is 23.6 Å². The van der Waals surface area contributed by atoms with E-state index in [2.05, 4.69) is 6.92 Å². The zero-order valence-corrected chi connectivity index (χ0v) is 24.8. The number of hydrogen-bond acceptors (Lipinski definition) is 9. The van der Waals surface area contributed by atoms with Crippen LogP contribution >= 0.6 is 11.3 Å². The zero-order chi connectivity index (χ0) is 30.1. The molecule has 1 aliphatic heterocycles. The molecule has 1 unspecified atom stereocenters. The first kappa shape index (κ1) is 28.3. The van der Waals surface area contributed by atoms with Crippen LogP contribution < -0.4 is 19.1 Å². The molecule has 220 valence electrons. The van der Waals surface area contributed by atoms with Gasteiger partial charge in [-0.1, -0.05) is 48.9 Å². The molecule has 3 aromatic carbocycles. The number of nitrogens with zero attached hydrogens (tertiary/aromatic N) is 2. The standard InChI is InChI=1S/C33H30N2O7S/c1-4-6-16-41-21-12-10-19(11-13-21)28-27(29(36)25-17-20-8-7-9-24(39-3)31(20)42-25)30(37)32(38)35(28)33-34-23-15-14-22(40-5-2)18-26(23)43-33/h7-15,17-18,28,37H,4-6,16H2,1-3H3. The van der Waals surface area contributed by atoms with Gasteiger partial charge in [-0.25, -0.2) is 4.98 Å². The van der Waals surface area contributed by atoms with E-state index >= 15 is 0 Å². The Hall–Kier alpha value is -4.83. The molecule has 0 fully saturated rings. The van der Waals surface area contributed by atoms with Crippen LogP contribution in [0, 0.1) is 0 Å². The molecule has 0 bridgehead atoms. The van der Waals surface area contributed by atoms with Gasteiger partial charge in [-0.15, -0.1) is 0 Å². The zero-order valence-electron chi connectivity index (χ0n) is 24.0.